The van der Waals surface area contributed by atoms with Crippen LogP contribution in [0.15, 0.2) is 24.3 Å². The van der Waals surface area contributed by atoms with E-state index in [0.29, 0.717) is 26.1 Å². The van der Waals surface area contributed by atoms with Gasteiger partial charge in [0.25, 0.3) is 0 Å². The number of carbonyl (C=O) groups excluding carboxylic acids is 1. The van der Waals surface area contributed by atoms with Gasteiger partial charge in [0, 0.05) is 25.6 Å². The van der Waals surface area contributed by atoms with E-state index < -0.39 is 5.60 Å². The van der Waals surface area contributed by atoms with E-state index in [1.807, 2.05) is 36.2 Å². The van der Waals surface area contributed by atoms with Gasteiger partial charge in [-0.05, 0) is 44.0 Å². The lowest BCUT2D eigenvalue weighted by Crippen LogP contribution is -2.45. The van der Waals surface area contributed by atoms with Gasteiger partial charge in [-0.2, -0.15) is 0 Å². The fourth-order valence-corrected chi connectivity index (χ4v) is 4.21. The summed E-state index contributed by atoms with van der Waals surface area (Å²) in [4.78, 5) is 16.6. The maximum Gasteiger partial charge on any atom is 0.225 e. The second-order valence-electron chi connectivity index (χ2n) is 7.74. The van der Waals surface area contributed by atoms with Crippen molar-refractivity contribution in [1.29, 1.82) is 0 Å². The van der Waals surface area contributed by atoms with Gasteiger partial charge in [-0.3, -0.25) is 9.69 Å². The molecule has 1 saturated carbocycles. The monoisotopic (exact) mass is 346 g/mol. The van der Waals surface area contributed by atoms with Gasteiger partial charge in [0.15, 0.2) is 0 Å². The molecule has 1 atom stereocenters. The first-order chi connectivity index (χ1) is 12.0. The van der Waals surface area contributed by atoms with E-state index >= 15 is 0 Å². The number of likely N-dealkylation sites (tertiary alicyclic amines) is 1. The van der Waals surface area contributed by atoms with Crippen molar-refractivity contribution in [2.45, 2.75) is 44.2 Å². The largest absolute Gasteiger partial charge is 0.497 e. The number of aliphatic hydroxyl groups is 1. The highest BCUT2D eigenvalue weighted by Crippen LogP contribution is 2.30. The molecule has 1 N–H and O–H groups in total. The molecule has 1 aliphatic carbocycles. The van der Waals surface area contributed by atoms with Crippen molar-refractivity contribution >= 4 is 5.91 Å². The lowest BCUT2D eigenvalue weighted by atomic mass is 10.0. The Labute approximate surface area is 150 Å². The van der Waals surface area contributed by atoms with Gasteiger partial charge >= 0.3 is 0 Å². The van der Waals surface area contributed by atoms with Crippen LogP contribution in [-0.4, -0.2) is 60.2 Å². The van der Waals surface area contributed by atoms with E-state index in [1.54, 1.807) is 7.11 Å². The Kier molecular flexibility index (Phi) is 5.64. The van der Waals surface area contributed by atoms with Crippen LogP contribution in [0.3, 0.4) is 0 Å². The molecule has 2 aliphatic rings. The number of nitrogens with zero attached hydrogens (tertiary/aromatic N) is 2. The number of benzene rings is 1. The summed E-state index contributed by atoms with van der Waals surface area (Å²) in [5.41, 5.74) is 0.388. The zero-order valence-electron chi connectivity index (χ0n) is 15.4. The lowest BCUT2D eigenvalue weighted by molar-refractivity contribution is -0.135. The number of hydrogen-bond donors (Lipinski definition) is 1. The van der Waals surface area contributed by atoms with Gasteiger partial charge < -0.3 is 14.7 Å². The predicted molar refractivity (Wildman–Crippen MR) is 97.4 cm³/mol. The van der Waals surface area contributed by atoms with Gasteiger partial charge in [0.1, 0.15) is 5.75 Å². The summed E-state index contributed by atoms with van der Waals surface area (Å²) < 4.78 is 5.18. The van der Waals surface area contributed by atoms with Crippen LogP contribution in [0.4, 0.5) is 0 Å². The average Bonchev–Trinajstić information content (AvgIpc) is 3.25. The quantitative estimate of drug-likeness (QED) is 0.859. The Morgan fingerprint density at radius 2 is 2.00 bits per heavy atom. The van der Waals surface area contributed by atoms with Crippen LogP contribution in [0.1, 0.15) is 37.7 Å². The molecule has 1 aromatic rings. The molecule has 5 heteroatoms. The summed E-state index contributed by atoms with van der Waals surface area (Å²) in [5.74, 6) is 1.30. The number of β-amino-alcohol motifs (C(OH)–C–C–N with tert-alkyl or cyclic N) is 1. The number of methoxy groups -OCH3 is 1. The lowest BCUT2D eigenvalue weighted by Gasteiger charge is -2.29. The van der Waals surface area contributed by atoms with Crippen LogP contribution in [0, 0.1) is 5.92 Å². The topological polar surface area (TPSA) is 53.0 Å². The molecule has 1 amide bonds. The predicted octanol–water partition coefficient (Wildman–Crippen LogP) is 2.28. The highest BCUT2D eigenvalue weighted by atomic mass is 16.5. The van der Waals surface area contributed by atoms with Crippen molar-refractivity contribution < 1.29 is 14.6 Å². The van der Waals surface area contributed by atoms with Crippen molar-refractivity contribution in [1.82, 2.24) is 9.80 Å². The van der Waals surface area contributed by atoms with E-state index in [1.165, 1.54) is 18.4 Å². The molecule has 0 bridgehead atoms. The Bertz CT molecular complexity index is 583. The molecule has 25 heavy (non-hydrogen) atoms. The fraction of sp³-hybridized carbons (Fsp3) is 0.650. The number of carbonyl (C=O) groups is 1. The second-order valence-corrected chi connectivity index (χ2v) is 7.74. The summed E-state index contributed by atoms with van der Waals surface area (Å²) in [5, 5.41) is 10.9. The summed E-state index contributed by atoms with van der Waals surface area (Å²) in [6, 6.07) is 8.00. The van der Waals surface area contributed by atoms with Crippen LogP contribution < -0.4 is 4.74 Å². The third-order valence-corrected chi connectivity index (χ3v) is 5.52. The zero-order valence-corrected chi connectivity index (χ0v) is 15.4. The molecule has 1 unspecified atom stereocenters. The van der Waals surface area contributed by atoms with Crippen molar-refractivity contribution in [2.24, 2.45) is 5.92 Å². The summed E-state index contributed by atoms with van der Waals surface area (Å²) in [7, 11) is 3.68. The molecule has 2 fully saturated rings. The Balaban J connectivity index is 1.51. The van der Waals surface area contributed by atoms with Crippen LogP contribution >= 0.6 is 0 Å². The first kappa shape index (κ1) is 18.2. The van der Waals surface area contributed by atoms with Gasteiger partial charge in [-0.15, -0.1) is 0 Å². The molecule has 1 saturated heterocycles. The molecule has 0 aromatic heterocycles. The smallest absolute Gasteiger partial charge is 0.225 e. The van der Waals surface area contributed by atoms with E-state index in [0.717, 1.165) is 25.1 Å². The van der Waals surface area contributed by atoms with Crippen molar-refractivity contribution in [2.75, 3.05) is 33.8 Å². The van der Waals surface area contributed by atoms with Gasteiger partial charge in [-0.1, -0.05) is 25.0 Å². The molecule has 138 valence electrons. The molecule has 0 radical (unpaired) electrons. The van der Waals surface area contributed by atoms with E-state index in [-0.39, 0.29) is 11.8 Å². The number of hydrogen-bond acceptors (Lipinski definition) is 4. The molecular formula is C20H30N2O3. The number of amides is 1. The van der Waals surface area contributed by atoms with Crippen LogP contribution in [0.5, 0.6) is 5.75 Å². The SMILES string of the molecule is COc1ccc(CN(C)CC2(O)CCN(C(=O)C3CCCC3)C2)cc1. The Morgan fingerprint density at radius 3 is 2.64 bits per heavy atom. The molecule has 5 nitrogen and oxygen atoms in total. The Hall–Kier alpha value is -1.59. The van der Waals surface area contributed by atoms with Crippen molar-refractivity contribution in [3.8, 4) is 5.75 Å². The molecule has 1 heterocycles. The molecule has 0 spiro atoms. The fourth-order valence-electron chi connectivity index (χ4n) is 4.21. The second kappa shape index (κ2) is 7.75. The van der Waals surface area contributed by atoms with Crippen LogP contribution in [-0.2, 0) is 11.3 Å². The minimum Gasteiger partial charge on any atom is -0.497 e. The van der Waals surface area contributed by atoms with Crippen molar-refractivity contribution in [3.63, 3.8) is 0 Å². The standard InChI is InChI=1S/C20H30N2O3/c1-21(13-16-7-9-18(25-2)10-8-16)14-20(24)11-12-22(15-20)19(23)17-5-3-4-6-17/h7-10,17,24H,3-6,11-15H2,1-2H3. The van der Waals surface area contributed by atoms with E-state index in [9.17, 15) is 9.90 Å². The summed E-state index contributed by atoms with van der Waals surface area (Å²) in [6.45, 7) is 2.49. The third kappa shape index (κ3) is 4.53. The first-order valence-corrected chi connectivity index (χ1v) is 9.32. The van der Waals surface area contributed by atoms with Crippen molar-refractivity contribution in [3.05, 3.63) is 29.8 Å². The minimum atomic E-state index is -0.796. The molecular weight excluding hydrogens is 316 g/mol. The Morgan fingerprint density at radius 1 is 1.32 bits per heavy atom. The van der Waals surface area contributed by atoms with E-state index in [2.05, 4.69) is 4.90 Å². The van der Waals surface area contributed by atoms with Gasteiger partial charge in [-0.25, -0.2) is 0 Å². The minimum absolute atomic E-state index is 0.194. The summed E-state index contributed by atoms with van der Waals surface area (Å²) >= 11 is 0. The number of likely N-dealkylation sites (N-methyl/N-ethyl adjacent to an activating group) is 1. The third-order valence-electron chi connectivity index (χ3n) is 5.52. The van der Waals surface area contributed by atoms with Crippen LogP contribution in [0.25, 0.3) is 0 Å². The van der Waals surface area contributed by atoms with Crippen LogP contribution in [0.2, 0.25) is 0 Å². The molecule has 1 aliphatic heterocycles. The highest BCUT2D eigenvalue weighted by molar-refractivity contribution is 5.79. The molecule has 3 rings (SSSR count). The summed E-state index contributed by atoms with van der Waals surface area (Å²) in [6.07, 6.45) is 5.03. The van der Waals surface area contributed by atoms with Gasteiger partial charge in [0.05, 0.1) is 19.3 Å². The maximum atomic E-state index is 12.6. The number of ether oxygens (including phenoxy) is 1. The number of rotatable bonds is 6. The van der Waals surface area contributed by atoms with Gasteiger partial charge in [0.2, 0.25) is 5.91 Å². The normalized spacial score (nSPS) is 24.2. The average molecular weight is 346 g/mol. The maximum absolute atomic E-state index is 12.6. The first-order valence-electron chi connectivity index (χ1n) is 9.32. The van der Waals surface area contributed by atoms with E-state index in [4.69, 9.17) is 4.74 Å². The zero-order chi connectivity index (χ0) is 17.9. The highest BCUT2D eigenvalue weighted by Gasteiger charge is 2.40. The molecule has 1 aromatic carbocycles.